The molecule has 0 saturated carbocycles. The van der Waals surface area contributed by atoms with Crippen LogP contribution < -0.4 is 5.32 Å². The molecule has 0 atom stereocenters. The fourth-order valence-corrected chi connectivity index (χ4v) is 1.71. The van der Waals surface area contributed by atoms with Crippen LogP contribution in [0.1, 0.15) is 28.6 Å². The van der Waals surface area contributed by atoms with Crippen molar-refractivity contribution in [2.75, 3.05) is 11.9 Å². The van der Waals surface area contributed by atoms with Crippen molar-refractivity contribution < 1.29 is 13.9 Å². The molecule has 0 spiro atoms. The lowest BCUT2D eigenvalue weighted by molar-refractivity contribution is 0.0524. The molecule has 5 heteroatoms. The van der Waals surface area contributed by atoms with Crippen molar-refractivity contribution in [1.82, 2.24) is 0 Å². The Hall–Kier alpha value is -2.74. The highest BCUT2D eigenvalue weighted by molar-refractivity contribution is 5.90. The Morgan fingerprint density at radius 3 is 2.75 bits per heavy atom. The molecular weight excluding hydrogens is 256 g/mol. The molecule has 0 amide bonds. The van der Waals surface area contributed by atoms with Gasteiger partial charge in [0, 0.05) is 5.69 Å². The van der Waals surface area contributed by atoms with E-state index in [9.17, 15) is 4.79 Å². The van der Waals surface area contributed by atoms with E-state index < -0.39 is 5.97 Å². The summed E-state index contributed by atoms with van der Waals surface area (Å²) in [6.45, 7) is 2.45. The van der Waals surface area contributed by atoms with Gasteiger partial charge in [-0.1, -0.05) is 0 Å². The Morgan fingerprint density at radius 2 is 2.10 bits per heavy atom. The van der Waals surface area contributed by atoms with E-state index in [4.69, 9.17) is 14.4 Å². The molecule has 1 N–H and O–H groups in total. The summed E-state index contributed by atoms with van der Waals surface area (Å²) in [5.74, 6) is 0.130. The maximum atomic E-state index is 11.7. The number of ether oxygens (including phenoxy) is 1. The van der Waals surface area contributed by atoms with E-state index in [1.807, 2.05) is 0 Å². The van der Waals surface area contributed by atoms with E-state index in [-0.39, 0.29) is 0 Å². The van der Waals surface area contributed by atoms with Gasteiger partial charge in [0.15, 0.2) is 0 Å². The molecule has 20 heavy (non-hydrogen) atoms. The van der Waals surface area contributed by atoms with Gasteiger partial charge in [0.1, 0.15) is 11.3 Å². The van der Waals surface area contributed by atoms with Crippen LogP contribution in [0.25, 0.3) is 0 Å². The van der Waals surface area contributed by atoms with E-state index in [2.05, 4.69) is 11.4 Å². The molecule has 1 aromatic heterocycles. The van der Waals surface area contributed by atoms with Crippen LogP contribution in [0, 0.1) is 11.3 Å². The van der Waals surface area contributed by atoms with Gasteiger partial charge >= 0.3 is 5.97 Å². The molecule has 0 unspecified atom stereocenters. The quantitative estimate of drug-likeness (QED) is 0.845. The number of nitrogens with one attached hydrogen (secondary N) is 1. The normalized spacial score (nSPS) is 9.80. The van der Waals surface area contributed by atoms with Crippen molar-refractivity contribution in [3.63, 3.8) is 0 Å². The number of carbonyl (C=O) groups excluding carboxylic acids is 1. The lowest BCUT2D eigenvalue weighted by Crippen LogP contribution is -2.08. The number of nitriles is 1. The second-order valence-corrected chi connectivity index (χ2v) is 4.02. The standard InChI is InChI=1S/C15H14N2O3/c1-2-19-15(18)13-7-8-20-14(13)10-17-12-5-3-11(9-16)4-6-12/h3-8,17H,2,10H2,1H3. The number of hydrogen-bond donors (Lipinski definition) is 1. The van der Waals surface area contributed by atoms with Crippen LogP contribution in [0.5, 0.6) is 0 Å². The Labute approximate surface area is 116 Å². The molecule has 102 valence electrons. The number of esters is 1. The number of nitrogens with zero attached hydrogens (tertiary/aromatic N) is 1. The van der Waals surface area contributed by atoms with Crippen LogP contribution in [0.3, 0.4) is 0 Å². The summed E-state index contributed by atoms with van der Waals surface area (Å²) < 4.78 is 10.2. The van der Waals surface area contributed by atoms with E-state index in [0.29, 0.717) is 30.0 Å². The van der Waals surface area contributed by atoms with Gasteiger partial charge in [0.2, 0.25) is 0 Å². The van der Waals surface area contributed by atoms with E-state index in [1.165, 1.54) is 6.26 Å². The third kappa shape index (κ3) is 3.18. The lowest BCUT2D eigenvalue weighted by Gasteiger charge is -2.06. The minimum atomic E-state index is -0.391. The number of hydrogen-bond acceptors (Lipinski definition) is 5. The molecular formula is C15H14N2O3. The number of furan rings is 1. The fraction of sp³-hybridized carbons (Fsp3) is 0.200. The van der Waals surface area contributed by atoms with Crippen molar-refractivity contribution in [2.45, 2.75) is 13.5 Å². The average molecular weight is 270 g/mol. The first-order valence-corrected chi connectivity index (χ1v) is 6.22. The predicted molar refractivity (Wildman–Crippen MR) is 73.1 cm³/mol. The van der Waals surface area contributed by atoms with Gasteiger partial charge in [0.25, 0.3) is 0 Å². The number of anilines is 1. The lowest BCUT2D eigenvalue weighted by atomic mass is 10.2. The number of rotatable bonds is 5. The second-order valence-electron chi connectivity index (χ2n) is 4.02. The summed E-state index contributed by atoms with van der Waals surface area (Å²) in [7, 11) is 0. The summed E-state index contributed by atoms with van der Waals surface area (Å²) >= 11 is 0. The highest BCUT2D eigenvalue weighted by atomic mass is 16.5. The molecule has 0 aliphatic rings. The molecule has 1 heterocycles. The molecule has 5 nitrogen and oxygen atoms in total. The topological polar surface area (TPSA) is 75.3 Å². The average Bonchev–Trinajstić information content (AvgIpc) is 2.94. The third-order valence-corrected chi connectivity index (χ3v) is 2.71. The molecule has 1 aromatic carbocycles. The van der Waals surface area contributed by atoms with Gasteiger partial charge in [0.05, 0.1) is 31.0 Å². The molecule has 0 fully saturated rings. The van der Waals surface area contributed by atoms with Crippen molar-refractivity contribution in [2.24, 2.45) is 0 Å². The maximum Gasteiger partial charge on any atom is 0.341 e. The summed E-state index contributed by atoms with van der Waals surface area (Å²) in [4.78, 5) is 11.7. The Bertz CT molecular complexity index is 623. The zero-order valence-corrected chi connectivity index (χ0v) is 11.1. The number of benzene rings is 1. The van der Waals surface area contributed by atoms with Gasteiger partial charge in [-0.15, -0.1) is 0 Å². The molecule has 0 radical (unpaired) electrons. The van der Waals surface area contributed by atoms with Crippen LogP contribution in [-0.2, 0) is 11.3 Å². The van der Waals surface area contributed by atoms with Crippen LogP contribution in [0.4, 0.5) is 5.69 Å². The molecule has 2 rings (SSSR count). The first kappa shape index (κ1) is 13.7. The van der Waals surface area contributed by atoms with Crippen LogP contribution >= 0.6 is 0 Å². The van der Waals surface area contributed by atoms with Crippen LogP contribution in [0.2, 0.25) is 0 Å². The van der Waals surface area contributed by atoms with Gasteiger partial charge < -0.3 is 14.5 Å². The number of carbonyl (C=O) groups is 1. The second kappa shape index (κ2) is 6.43. The summed E-state index contributed by atoms with van der Waals surface area (Å²) in [5, 5.41) is 11.8. The summed E-state index contributed by atoms with van der Waals surface area (Å²) in [6, 6.07) is 10.7. The summed E-state index contributed by atoms with van der Waals surface area (Å²) in [6.07, 6.45) is 1.46. The molecule has 2 aromatic rings. The van der Waals surface area contributed by atoms with Gasteiger partial charge in [-0.3, -0.25) is 0 Å². The van der Waals surface area contributed by atoms with Gasteiger partial charge in [-0.25, -0.2) is 4.79 Å². The van der Waals surface area contributed by atoms with Crippen molar-refractivity contribution in [3.05, 3.63) is 53.5 Å². The Morgan fingerprint density at radius 1 is 1.35 bits per heavy atom. The minimum Gasteiger partial charge on any atom is -0.467 e. The van der Waals surface area contributed by atoms with Gasteiger partial charge in [-0.2, -0.15) is 5.26 Å². The Kier molecular flexibility index (Phi) is 4.40. The predicted octanol–water partition coefficient (Wildman–Crippen LogP) is 2.94. The fourth-order valence-electron chi connectivity index (χ4n) is 1.71. The third-order valence-electron chi connectivity index (χ3n) is 2.71. The highest BCUT2D eigenvalue weighted by Gasteiger charge is 2.15. The Balaban J connectivity index is 2.02. The van der Waals surface area contributed by atoms with Crippen LogP contribution in [0.15, 0.2) is 41.0 Å². The SMILES string of the molecule is CCOC(=O)c1ccoc1CNc1ccc(C#N)cc1. The first-order valence-electron chi connectivity index (χ1n) is 6.22. The van der Waals surface area contributed by atoms with Gasteiger partial charge in [-0.05, 0) is 37.3 Å². The maximum absolute atomic E-state index is 11.7. The first-order chi connectivity index (χ1) is 9.74. The van der Waals surface area contributed by atoms with Crippen molar-refractivity contribution in [3.8, 4) is 6.07 Å². The zero-order valence-electron chi connectivity index (χ0n) is 11.1. The van der Waals surface area contributed by atoms with Crippen LogP contribution in [-0.4, -0.2) is 12.6 Å². The summed E-state index contributed by atoms with van der Waals surface area (Å²) in [5.41, 5.74) is 1.86. The van der Waals surface area contributed by atoms with E-state index in [0.717, 1.165) is 5.69 Å². The highest BCUT2D eigenvalue weighted by Crippen LogP contribution is 2.15. The van der Waals surface area contributed by atoms with E-state index in [1.54, 1.807) is 37.3 Å². The molecule has 0 bridgehead atoms. The minimum absolute atomic E-state index is 0.326. The smallest absolute Gasteiger partial charge is 0.341 e. The molecule has 0 saturated heterocycles. The zero-order chi connectivity index (χ0) is 14.4. The molecule has 0 aliphatic carbocycles. The van der Waals surface area contributed by atoms with Crippen molar-refractivity contribution >= 4 is 11.7 Å². The van der Waals surface area contributed by atoms with E-state index >= 15 is 0 Å². The largest absolute Gasteiger partial charge is 0.467 e. The monoisotopic (exact) mass is 270 g/mol. The molecule has 0 aliphatic heterocycles. The van der Waals surface area contributed by atoms with Crippen molar-refractivity contribution in [1.29, 1.82) is 5.26 Å².